The summed E-state index contributed by atoms with van der Waals surface area (Å²) in [5, 5.41) is 15.6. The molecule has 2 N–H and O–H groups in total. The second kappa shape index (κ2) is 4.47. The zero-order valence-corrected chi connectivity index (χ0v) is 9.65. The SMILES string of the molecule is Cc1cc(C(=O)Nc2ccc(O)cc2Cl)no1. The van der Waals surface area contributed by atoms with Gasteiger partial charge in [0.05, 0.1) is 10.7 Å². The topological polar surface area (TPSA) is 75.4 Å². The maximum Gasteiger partial charge on any atom is 0.277 e. The van der Waals surface area contributed by atoms with Gasteiger partial charge in [-0.15, -0.1) is 0 Å². The molecule has 0 radical (unpaired) electrons. The Morgan fingerprint density at radius 1 is 1.47 bits per heavy atom. The molecule has 0 unspecified atom stereocenters. The van der Waals surface area contributed by atoms with Gasteiger partial charge in [0.1, 0.15) is 11.5 Å². The van der Waals surface area contributed by atoms with Crippen LogP contribution in [0.15, 0.2) is 28.8 Å². The summed E-state index contributed by atoms with van der Waals surface area (Å²) < 4.78 is 4.79. The van der Waals surface area contributed by atoms with E-state index in [2.05, 4.69) is 10.5 Å². The van der Waals surface area contributed by atoms with E-state index in [0.717, 1.165) is 0 Å². The normalized spacial score (nSPS) is 10.2. The molecule has 2 rings (SSSR count). The Morgan fingerprint density at radius 2 is 2.24 bits per heavy atom. The smallest absolute Gasteiger partial charge is 0.277 e. The highest BCUT2D eigenvalue weighted by atomic mass is 35.5. The van der Waals surface area contributed by atoms with Crippen molar-refractivity contribution >= 4 is 23.2 Å². The summed E-state index contributed by atoms with van der Waals surface area (Å²) in [5.41, 5.74) is 0.571. The number of halogens is 1. The molecule has 88 valence electrons. The molecule has 2 aromatic rings. The van der Waals surface area contributed by atoms with Crippen molar-refractivity contribution in [2.45, 2.75) is 6.92 Å². The van der Waals surface area contributed by atoms with E-state index in [0.29, 0.717) is 11.4 Å². The molecular formula is C11H9ClN2O3. The number of anilines is 1. The average Bonchev–Trinajstić information content (AvgIpc) is 2.69. The Balaban J connectivity index is 2.18. The highest BCUT2D eigenvalue weighted by Crippen LogP contribution is 2.26. The van der Waals surface area contributed by atoms with Crippen molar-refractivity contribution in [3.8, 4) is 5.75 Å². The van der Waals surface area contributed by atoms with Crippen molar-refractivity contribution in [3.63, 3.8) is 0 Å². The van der Waals surface area contributed by atoms with Crippen LogP contribution in [-0.4, -0.2) is 16.2 Å². The van der Waals surface area contributed by atoms with Crippen LogP contribution in [0, 0.1) is 6.92 Å². The minimum Gasteiger partial charge on any atom is -0.508 e. The molecular weight excluding hydrogens is 244 g/mol. The quantitative estimate of drug-likeness (QED) is 0.806. The zero-order chi connectivity index (χ0) is 12.4. The Morgan fingerprint density at radius 3 is 2.82 bits per heavy atom. The van der Waals surface area contributed by atoms with Crippen LogP contribution in [0.2, 0.25) is 5.02 Å². The van der Waals surface area contributed by atoms with Crippen molar-refractivity contribution < 1.29 is 14.4 Å². The van der Waals surface area contributed by atoms with E-state index in [-0.39, 0.29) is 16.5 Å². The summed E-state index contributed by atoms with van der Waals surface area (Å²) in [6.07, 6.45) is 0. The van der Waals surface area contributed by atoms with Gasteiger partial charge in [0.25, 0.3) is 5.91 Å². The van der Waals surface area contributed by atoms with Gasteiger partial charge in [-0.05, 0) is 19.1 Å². The van der Waals surface area contributed by atoms with Crippen molar-refractivity contribution in [2.24, 2.45) is 0 Å². The van der Waals surface area contributed by atoms with Crippen molar-refractivity contribution in [3.05, 3.63) is 40.7 Å². The zero-order valence-electron chi connectivity index (χ0n) is 8.90. The van der Waals surface area contributed by atoms with Gasteiger partial charge in [-0.2, -0.15) is 0 Å². The van der Waals surface area contributed by atoms with Crippen LogP contribution in [-0.2, 0) is 0 Å². The summed E-state index contributed by atoms with van der Waals surface area (Å²) >= 11 is 5.85. The lowest BCUT2D eigenvalue weighted by Crippen LogP contribution is -2.12. The summed E-state index contributed by atoms with van der Waals surface area (Å²) in [4.78, 5) is 11.7. The van der Waals surface area contributed by atoms with Gasteiger partial charge >= 0.3 is 0 Å². The number of aromatic hydroxyl groups is 1. The number of hydrogen-bond acceptors (Lipinski definition) is 4. The third kappa shape index (κ3) is 2.57. The lowest BCUT2D eigenvalue weighted by Gasteiger charge is -2.05. The number of nitrogens with one attached hydrogen (secondary N) is 1. The van der Waals surface area contributed by atoms with Crippen LogP contribution in [0.25, 0.3) is 0 Å². The van der Waals surface area contributed by atoms with Gasteiger partial charge in [-0.25, -0.2) is 0 Å². The van der Waals surface area contributed by atoms with Gasteiger partial charge in [-0.3, -0.25) is 4.79 Å². The predicted molar refractivity (Wildman–Crippen MR) is 62.3 cm³/mol. The van der Waals surface area contributed by atoms with E-state index in [9.17, 15) is 4.79 Å². The molecule has 0 aliphatic rings. The van der Waals surface area contributed by atoms with Gasteiger partial charge in [0.15, 0.2) is 5.69 Å². The van der Waals surface area contributed by atoms with Gasteiger partial charge in [0.2, 0.25) is 0 Å². The standard InChI is InChI=1S/C11H9ClN2O3/c1-6-4-10(14-17-6)11(16)13-9-3-2-7(15)5-8(9)12/h2-5,15H,1H3,(H,13,16). The fourth-order valence-electron chi connectivity index (χ4n) is 1.27. The van der Waals surface area contributed by atoms with Crippen molar-refractivity contribution in [1.29, 1.82) is 0 Å². The summed E-state index contributed by atoms with van der Waals surface area (Å²) in [6, 6.07) is 5.78. The minimum atomic E-state index is -0.422. The molecule has 5 nitrogen and oxygen atoms in total. The maximum absolute atomic E-state index is 11.7. The number of benzene rings is 1. The first kappa shape index (κ1) is 11.5. The second-order valence-corrected chi connectivity index (χ2v) is 3.85. The summed E-state index contributed by atoms with van der Waals surface area (Å²) in [5.74, 6) is 0.159. The average molecular weight is 253 g/mol. The predicted octanol–water partition coefficient (Wildman–Crippen LogP) is 2.59. The van der Waals surface area contributed by atoms with Crippen LogP contribution >= 0.6 is 11.6 Å². The van der Waals surface area contributed by atoms with Crippen LogP contribution < -0.4 is 5.32 Å². The number of phenolic OH excluding ortho intramolecular Hbond substituents is 1. The number of phenols is 1. The number of aromatic nitrogens is 1. The van der Waals surface area contributed by atoms with Crippen molar-refractivity contribution in [1.82, 2.24) is 5.16 Å². The highest BCUT2D eigenvalue weighted by molar-refractivity contribution is 6.34. The first-order valence-corrected chi connectivity index (χ1v) is 5.17. The molecule has 6 heteroatoms. The van der Waals surface area contributed by atoms with E-state index in [4.69, 9.17) is 21.2 Å². The fourth-order valence-corrected chi connectivity index (χ4v) is 1.49. The van der Waals surface area contributed by atoms with Gasteiger partial charge in [-0.1, -0.05) is 16.8 Å². The van der Waals surface area contributed by atoms with Gasteiger partial charge in [0, 0.05) is 12.1 Å². The minimum absolute atomic E-state index is 0.0327. The van der Waals surface area contributed by atoms with Gasteiger partial charge < -0.3 is 14.9 Å². The molecule has 0 bridgehead atoms. The van der Waals surface area contributed by atoms with E-state index in [1.807, 2.05) is 0 Å². The number of hydrogen-bond donors (Lipinski definition) is 2. The third-order valence-electron chi connectivity index (χ3n) is 2.06. The first-order valence-electron chi connectivity index (χ1n) is 4.79. The van der Waals surface area contributed by atoms with Crippen LogP contribution in [0.3, 0.4) is 0 Å². The molecule has 1 aromatic heterocycles. The molecule has 0 saturated carbocycles. The molecule has 1 heterocycles. The largest absolute Gasteiger partial charge is 0.508 e. The van der Waals surface area contributed by atoms with E-state index < -0.39 is 5.91 Å². The molecule has 0 atom stereocenters. The molecule has 1 aromatic carbocycles. The fraction of sp³-hybridized carbons (Fsp3) is 0.0909. The lowest BCUT2D eigenvalue weighted by molar-refractivity contribution is 0.101. The van der Waals surface area contributed by atoms with E-state index in [1.54, 1.807) is 6.92 Å². The molecule has 17 heavy (non-hydrogen) atoms. The molecule has 1 amide bonds. The summed E-state index contributed by atoms with van der Waals surface area (Å²) in [7, 11) is 0. The number of nitrogens with zero attached hydrogens (tertiary/aromatic N) is 1. The summed E-state index contributed by atoms with van der Waals surface area (Å²) in [6.45, 7) is 1.69. The van der Waals surface area contributed by atoms with Crippen LogP contribution in [0.1, 0.15) is 16.2 Å². The third-order valence-corrected chi connectivity index (χ3v) is 2.37. The highest BCUT2D eigenvalue weighted by Gasteiger charge is 2.12. The molecule has 0 spiro atoms. The van der Waals surface area contributed by atoms with Crippen LogP contribution in [0.5, 0.6) is 5.75 Å². The Bertz CT molecular complexity index is 566. The number of carbonyl (C=O) groups is 1. The maximum atomic E-state index is 11.7. The monoisotopic (exact) mass is 252 g/mol. The number of carbonyl (C=O) groups excluding carboxylic acids is 1. The molecule has 0 saturated heterocycles. The molecule has 0 aliphatic heterocycles. The Kier molecular flexibility index (Phi) is 3.01. The number of amides is 1. The number of aryl methyl sites for hydroxylation is 1. The lowest BCUT2D eigenvalue weighted by atomic mass is 10.3. The van der Waals surface area contributed by atoms with Crippen molar-refractivity contribution in [2.75, 3.05) is 5.32 Å². The molecule has 0 aliphatic carbocycles. The molecule has 0 fully saturated rings. The van der Waals surface area contributed by atoms with E-state index in [1.165, 1.54) is 24.3 Å². The second-order valence-electron chi connectivity index (χ2n) is 3.44. The Hall–Kier alpha value is -2.01. The van der Waals surface area contributed by atoms with Crippen LogP contribution in [0.4, 0.5) is 5.69 Å². The first-order chi connectivity index (χ1) is 8.06. The Labute approximate surface area is 102 Å². The van der Waals surface area contributed by atoms with E-state index >= 15 is 0 Å². The number of rotatable bonds is 2.